The van der Waals surface area contributed by atoms with E-state index in [9.17, 15) is 9.59 Å². The fraction of sp³-hybridized carbons (Fsp3) is 0.900. The summed E-state index contributed by atoms with van der Waals surface area (Å²) in [6.07, 6.45) is 9.12. The number of esters is 1. The lowest BCUT2D eigenvalue weighted by atomic mass is 9.39. The predicted octanol–water partition coefficient (Wildman–Crippen LogP) is 4.00. The fourth-order valence-corrected chi connectivity index (χ4v) is 7.51. The summed E-state index contributed by atoms with van der Waals surface area (Å²) < 4.78 is 5.39. The zero-order valence-corrected chi connectivity index (χ0v) is 14.8. The van der Waals surface area contributed by atoms with Crippen molar-refractivity contribution in [2.45, 2.75) is 65.7 Å². The number of carbonyl (C=O) groups is 2. The number of carbonyl (C=O) groups excluding carboxylic acids is 2. The quantitative estimate of drug-likeness (QED) is 0.542. The van der Waals surface area contributed by atoms with Crippen LogP contribution in [0.25, 0.3) is 0 Å². The van der Waals surface area contributed by atoms with Crippen LogP contribution in [0.3, 0.4) is 0 Å². The molecule has 4 aliphatic rings. The van der Waals surface area contributed by atoms with Gasteiger partial charge >= 0.3 is 5.97 Å². The van der Waals surface area contributed by atoms with Crippen LogP contribution in [0.15, 0.2) is 0 Å². The maximum atomic E-state index is 12.4. The minimum Gasteiger partial charge on any atom is -0.465 e. The van der Waals surface area contributed by atoms with Gasteiger partial charge in [0.1, 0.15) is 6.29 Å². The van der Waals surface area contributed by atoms with E-state index in [1.54, 1.807) is 0 Å². The molecule has 128 valence electrons. The van der Waals surface area contributed by atoms with Crippen LogP contribution < -0.4 is 0 Å². The van der Waals surface area contributed by atoms with Crippen molar-refractivity contribution in [1.29, 1.82) is 0 Å². The van der Waals surface area contributed by atoms with E-state index in [1.807, 2.05) is 0 Å². The van der Waals surface area contributed by atoms with E-state index in [-0.39, 0.29) is 28.6 Å². The highest BCUT2D eigenvalue weighted by molar-refractivity contribution is 5.77. The molecule has 0 aromatic carbocycles. The summed E-state index contributed by atoms with van der Waals surface area (Å²) >= 11 is 0. The number of cyclic esters (lactones) is 1. The van der Waals surface area contributed by atoms with Crippen molar-refractivity contribution in [3.63, 3.8) is 0 Å². The van der Waals surface area contributed by atoms with E-state index in [1.165, 1.54) is 25.5 Å². The maximum absolute atomic E-state index is 12.4. The summed E-state index contributed by atoms with van der Waals surface area (Å²) in [7, 11) is 0. The average Bonchev–Trinajstić information content (AvgIpc) is 2.88. The molecule has 0 aromatic rings. The molecule has 1 heterocycles. The van der Waals surface area contributed by atoms with Gasteiger partial charge in [-0.15, -0.1) is 0 Å². The van der Waals surface area contributed by atoms with Crippen LogP contribution in [0, 0.1) is 39.9 Å². The van der Waals surface area contributed by atoms with E-state index in [0.29, 0.717) is 23.9 Å². The topological polar surface area (TPSA) is 43.4 Å². The average molecular weight is 318 g/mol. The van der Waals surface area contributed by atoms with Gasteiger partial charge in [0.25, 0.3) is 0 Å². The van der Waals surface area contributed by atoms with Gasteiger partial charge in [0.2, 0.25) is 0 Å². The van der Waals surface area contributed by atoms with Gasteiger partial charge in [-0.05, 0) is 61.2 Å². The molecule has 3 aliphatic carbocycles. The van der Waals surface area contributed by atoms with E-state index in [0.717, 1.165) is 25.7 Å². The lowest BCUT2D eigenvalue weighted by Crippen LogP contribution is -2.61. The maximum Gasteiger partial charge on any atom is 0.309 e. The van der Waals surface area contributed by atoms with Crippen LogP contribution in [0.2, 0.25) is 0 Å². The molecule has 0 N–H and O–H groups in total. The Kier molecular flexibility index (Phi) is 3.29. The highest BCUT2D eigenvalue weighted by Gasteiger charge is 2.66. The zero-order valence-electron chi connectivity index (χ0n) is 14.8. The molecule has 0 bridgehead atoms. The number of hydrogen-bond donors (Lipinski definition) is 0. The Morgan fingerprint density at radius 2 is 1.83 bits per heavy atom. The van der Waals surface area contributed by atoms with Crippen LogP contribution in [-0.2, 0) is 14.3 Å². The first-order valence-corrected chi connectivity index (χ1v) is 9.48. The van der Waals surface area contributed by atoms with Crippen LogP contribution in [0.1, 0.15) is 65.7 Å². The van der Waals surface area contributed by atoms with Gasteiger partial charge in [0.05, 0.1) is 12.5 Å². The molecule has 1 saturated heterocycles. The Morgan fingerprint density at radius 1 is 1.04 bits per heavy atom. The normalized spacial score (nSPS) is 51.2. The number of rotatable bonds is 1. The Hall–Kier alpha value is -0.860. The third-order valence-electron chi connectivity index (χ3n) is 8.46. The molecule has 0 aromatic heterocycles. The lowest BCUT2D eigenvalue weighted by molar-refractivity contribution is -0.177. The van der Waals surface area contributed by atoms with Crippen molar-refractivity contribution < 1.29 is 14.3 Å². The SMILES string of the molecule is CC1(C)CCC[C@@]2(C)[C@@H]1CC[C@@]1(C=O)[C@@H]3COC(=O)[C@@H]3CC[C@H]21. The van der Waals surface area contributed by atoms with Crippen molar-refractivity contribution in [3.8, 4) is 0 Å². The summed E-state index contributed by atoms with van der Waals surface area (Å²) in [5.74, 6) is 1.20. The van der Waals surface area contributed by atoms with Crippen LogP contribution in [0.5, 0.6) is 0 Å². The second-order valence-corrected chi connectivity index (χ2v) is 9.64. The van der Waals surface area contributed by atoms with E-state index < -0.39 is 0 Å². The largest absolute Gasteiger partial charge is 0.465 e. The van der Waals surface area contributed by atoms with Gasteiger partial charge in [0, 0.05) is 11.3 Å². The molecule has 0 unspecified atom stereocenters. The Morgan fingerprint density at radius 3 is 2.57 bits per heavy atom. The summed E-state index contributed by atoms with van der Waals surface area (Å²) in [6, 6.07) is 0. The first-order chi connectivity index (χ1) is 10.8. The molecule has 0 spiro atoms. The first-order valence-electron chi connectivity index (χ1n) is 9.48. The van der Waals surface area contributed by atoms with Crippen LogP contribution in [-0.4, -0.2) is 18.9 Å². The Bertz CT molecular complexity index is 539. The van der Waals surface area contributed by atoms with Crippen molar-refractivity contribution >= 4 is 12.3 Å². The van der Waals surface area contributed by atoms with Gasteiger partial charge in [-0.1, -0.05) is 27.2 Å². The van der Waals surface area contributed by atoms with E-state index in [4.69, 9.17) is 4.74 Å². The van der Waals surface area contributed by atoms with Gasteiger partial charge in [0.15, 0.2) is 0 Å². The second kappa shape index (κ2) is 4.83. The van der Waals surface area contributed by atoms with Crippen molar-refractivity contribution in [2.24, 2.45) is 39.9 Å². The fourth-order valence-electron chi connectivity index (χ4n) is 7.51. The summed E-state index contributed by atoms with van der Waals surface area (Å²) in [4.78, 5) is 24.4. The predicted molar refractivity (Wildman–Crippen MR) is 87.6 cm³/mol. The monoisotopic (exact) mass is 318 g/mol. The minimum atomic E-state index is -0.312. The number of aldehydes is 1. The van der Waals surface area contributed by atoms with Crippen molar-refractivity contribution in [1.82, 2.24) is 0 Å². The Labute approximate surface area is 139 Å². The van der Waals surface area contributed by atoms with Gasteiger partial charge in [-0.2, -0.15) is 0 Å². The van der Waals surface area contributed by atoms with Crippen molar-refractivity contribution in [2.75, 3.05) is 6.61 Å². The number of hydrogen-bond acceptors (Lipinski definition) is 3. The van der Waals surface area contributed by atoms with Crippen LogP contribution in [0.4, 0.5) is 0 Å². The highest BCUT2D eigenvalue weighted by atomic mass is 16.5. The highest BCUT2D eigenvalue weighted by Crippen LogP contribution is 2.69. The molecule has 3 saturated carbocycles. The zero-order chi connectivity index (χ0) is 16.5. The van der Waals surface area contributed by atoms with E-state index in [2.05, 4.69) is 20.8 Å². The summed E-state index contributed by atoms with van der Waals surface area (Å²) in [6.45, 7) is 7.79. The first kappa shape index (κ1) is 15.7. The standard InChI is InChI=1S/C20H30O3/c1-18(2)8-4-9-19(3)15(18)7-10-20(12-21)14-11-23-17(22)13(14)5-6-16(19)20/h12-16H,4-11H2,1-3H3/t13-,14-,15-,16-,19+,20-/m1/s1. The minimum absolute atomic E-state index is 0.0202. The third kappa shape index (κ3) is 1.88. The van der Waals surface area contributed by atoms with Crippen molar-refractivity contribution in [3.05, 3.63) is 0 Å². The van der Waals surface area contributed by atoms with Crippen LogP contribution >= 0.6 is 0 Å². The lowest BCUT2D eigenvalue weighted by Gasteiger charge is -2.64. The molecule has 3 nitrogen and oxygen atoms in total. The molecule has 6 atom stereocenters. The molecule has 4 fully saturated rings. The van der Waals surface area contributed by atoms with Gasteiger partial charge in [-0.25, -0.2) is 0 Å². The molecule has 23 heavy (non-hydrogen) atoms. The number of fused-ring (bicyclic) bond motifs is 5. The molecule has 4 rings (SSSR count). The molecule has 0 radical (unpaired) electrons. The van der Waals surface area contributed by atoms with Gasteiger partial charge < -0.3 is 9.53 Å². The molecular formula is C20H30O3. The summed E-state index contributed by atoms with van der Waals surface area (Å²) in [5.41, 5.74) is 0.312. The number of ether oxygens (including phenoxy) is 1. The molecule has 3 heteroatoms. The van der Waals surface area contributed by atoms with Gasteiger partial charge in [-0.3, -0.25) is 4.79 Å². The molecular weight excluding hydrogens is 288 g/mol. The Balaban J connectivity index is 1.76. The molecule has 0 amide bonds. The van der Waals surface area contributed by atoms with E-state index >= 15 is 0 Å². The second-order valence-electron chi connectivity index (χ2n) is 9.64. The third-order valence-corrected chi connectivity index (χ3v) is 8.46. The molecule has 1 aliphatic heterocycles. The smallest absolute Gasteiger partial charge is 0.309 e. The summed E-state index contributed by atoms with van der Waals surface area (Å²) in [5, 5.41) is 0.